The Morgan fingerprint density at radius 3 is 1.96 bits per heavy atom. The van der Waals surface area contributed by atoms with Gasteiger partial charge in [0.25, 0.3) is 0 Å². The average Bonchev–Trinajstić information content (AvgIpc) is 2.53. The lowest BCUT2D eigenvalue weighted by molar-refractivity contribution is -0.178. The number of carbonyl (C=O) groups is 2. The van der Waals surface area contributed by atoms with Crippen molar-refractivity contribution < 1.29 is 19.1 Å². The van der Waals surface area contributed by atoms with Crippen LogP contribution in [0.1, 0.15) is 86.5 Å². The minimum absolute atomic E-state index is 0.155. The van der Waals surface area contributed by atoms with E-state index in [9.17, 15) is 9.59 Å². The molecule has 0 aromatic carbocycles. The largest absolute Gasteiger partial charge is 0.465 e. The maximum Gasteiger partial charge on any atom is 0.323 e. The van der Waals surface area contributed by atoms with Gasteiger partial charge in [0.1, 0.15) is 6.10 Å². The Morgan fingerprint density at radius 2 is 1.52 bits per heavy atom. The Labute approximate surface area is 142 Å². The van der Waals surface area contributed by atoms with E-state index in [0.29, 0.717) is 19.4 Å². The zero-order valence-corrected chi connectivity index (χ0v) is 15.9. The zero-order chi connectivity index (χ0) is 17.9. The predicted octanol–water partition coefficient (Wildman–Crippen LogP) is 4.89. The second kappa shape index (κ2) is 11.5. The van der Waals surface area contributed by atoms with E-state index in [1.54, 1.807) is 0 Å². The molecule has 0 aliphatic rings. The third kappa shape index (κ3) is 6.52. The van der Waals surface area contributed by atoms with Gasteiger partial charge in [-0.3, -0.25) is 9.59 Å². The molecular formula is C19H36O4. The fraction of sp³-hybridized carbons (Fsp3) is 0.895. The number of unbranched alkanes of at least 4 members (excludes halogenated alkanes) is 3. The topological polar surface area (TPSA) is 52.6 Å². The molecule has 0 aliphatic heterocycles. The van der Waals surface area contributed by atoms with Gasteiger partial charge < -0.3 is 9.47 Å². The van der Waals surface area contributed by atoms with Gasteiger partial charge in [-0.05, 0) is 31.6 Å². The number of hydrogen-bond acceptors (Lipinski definition) is 4. The molecule has 1 atom stereocenters. The molecule has 4 heteroatoms. The quantitative estimate of drug-likeness (QED) is 0.291. The minimum Gasteiger partial charge on any atom is -0.465 e. The van der Waals surface area contributed by atoms with Gasteiger partial charge in [0.05, 0.1) is 6.61 Å². The van der Waals surface area contributed by atoms with Crippen molar-refractivity contribution in [3.8, 4) is 0 Å². The van der Waals surface area contributed by atoms with Crippen molar-refractivity contribution in [2.75, 3.05) is 6.61 Å². The van der Waals surface area contributed by atoms with Crippen molar-refractivity contribution in [1.29, 1.82) is 0 Å². The summed E-state index contributed by atoms with van der Waals surface area (Å²) in [5.74, 6) is -0.621. The molecule has 0 spiro atoms. The van der Waals surface area contributed by atoms with Crippen molar-refractivity contribution in [2.45, 2.75) is 92.6 Å². The van der Waals surface area contributed by atoms with Crippen LogP contribution >= 0.6 is 0 Å². The van der Waals surface area contributed by atoms with Crippen molar-refractivity contribution in [3.63, 3.8) is 0 Å². The van der Waals surface area contributed by atoms with Crippen LogP contribution in [0.25, 0.3) is 0 Å². The summed E-state index contributed by atoms with van der Waals surface area (Å²) in [5.41, 5.74) is -1.16. The molecule has 0 amide bonds. The second-order valence-electron chi connectivity index (χ2n) is 6.58. The van der Waals surface area contributed by atoms with E-state index in [-0.39, 0.29) is 12.0 Å². The normalized spacial score (nSPS) is 13.0. The second-order valence-corrected chi connectivity index (χ2v) is 6.58. The van der Waals surface area contributed by atoms with Crippen LogP contribution in [0.2, 0.25) is 0 Å². The summed E-state index contributed by atoms with van der Waals surface area (Å²) >= 11 is 0. The van der Waals surface area contributed by atoms with Gasteiger partial charge in [0.2, 0.25) is 0 Å². The maximum absolute atomic E-state index is 12.7. The van der Waals surface area contributed by atoms with Gasteiger partial charge in [0, 0.05) is 0 Å². The average molecular weight is 328 g/mol. The van der Waals surface area contributed by atoms with E-state index in [2.05, 4.69) is 6.92 Å². The van der Waals surface area contributed by atoms with Gasteiger partial charge in [-0.15, -0.1) is 0 Å². The van der Waals surface area contributed by atoms with Gasteiger partial charge >= 0.3 is 11.9 Å². The SMILES string of the molecule is CCCCCCOC(=O)C(CC)(CC)C(=O)OC(CC)C(C)C. The van der Waals surface area contributed by atoms with Gasteiger partial charge in [0.15, 0.2) is 5.41 Å². The van der Waals surface area contributed by atoms with Crippen LogP contribution in [0.15, 0.2) is 0 Å². The third-order valence-electron chi connectivity index (χ3n) is 4.62. The summed E-state index contributed by atoms with van der Waals surface area (Å²) in [4.78, 5) is 25.2. The Hall–Kier alpha value is -1.06. The lowest BCUT2D eigenvalue weighted by Crippen LogP contribution is -2.43. The fourth-order valence-electron chi connectivity index (χ4n) is 2.68. The number of esters is 2. The summed E-state index contributed by atoms with van der Waals surface area (Å²) in [7, 11) is 0. The van der Waals surface area contributed by atoms with Crippen LogP contribution in [0.5, 0.6) is 0 Å². The molecule has 0 N–H and O–H groups in total. The van der Waals surface area contributed by atoms with Crippen LogP contribution in [-0.2, 0) is 19.1 Å². The van der Waals surface area contributed by atoms with Crippen LogP contribution in [-0.4, -0.2) is 24.6 Å². The summed E-state index contributed by atoms with van der Waals surface area (Å²) in [6.07, 6.45) is 5.58. The van der Waals surface area contributed by atoms with Crippen LogP contribution in [0, 0.1) is 11.3 Å². The monoisotopic (exact) mass is 328 g/mol. The molecule has 0 saturated carbocycles. The van der Waals surface area contributed by atoms with E-state index < -0.39 is 17.4 Å². The van der Waals surface area contributed by atoms with Crippen LogP contribution in [0.3, 0.4) is 0 Å². The first-order valence-electron chi connectivity index (χ1n) is 9.27. The third-order valence-corrected chi connectivity index (χ3v) is 4.62. The van der Waals surface area contributed by atoms with E-state index in [1.165, 1.54) is 0 Å². The van der Waals surface area contributed by atoms with Gasteiger partial charge in [-0.25, -0.2) is 0 Å². The highest BCUT2D eigenvalue weighted by Gasteiger charge is 2.46. The van der Waals surface area contributed by atoms with E-state index in [4.69, 9.17) is 9.47 Å². The fourth-order valence-corrected chi connectivity index (χ4v) is 2.68. The maximum atomic E-state index is 12.7. The molecule has 0 aromatic heterocycles. The molecule has 0 aliphatic carbocycles. The van der Waals surface area contributed by atoms with Crippen molar-refractivity contribution in [2.24, 2.45) is 11.3 Å². The number of carbonyl (C=O) groups excluding carboxylic acids is 2. The summed E-state index contributed by atoms with van der Waals surface area (Å²) < 4.78 is 11.0. The predicted molar refractivity (Wildman–Crippen MR) is 93.1 cm³/mol. The summed E-state index contributed by atoms with van der Waals surface area (Å²) in [6, 6.07) is 0. The zero-order valence-electron chi connectivity index (χ0n) is 15.9. The van der Waals surface area contributed by atoms with Gasteiger partial charge in [-0.1, -0.05) is 60.8 Å². The molecule has 0 bridgehead atoms. The Bertz CT molecular complexity index is 345. The number of ether oxygens (including phenoxy) is 2. The van der Waals surface area contributed by atoms with E-state index in [0.717, 1.165) is 32.1 Å². The molecule has 1 unspecified atom stereocenters. The molecule has 4 nitrogen and oxygen atoms in total. The molecule has 0 heterocycles. The number of hydrogen-bond donors (Lipinski definition) is 0. The van der Waals surface area contributed by atoms with Crippen molar-refractivity contribution >= 4 is 11.9 Å². The molecule has 0 rings (SSSR count). The Morgan fingerprint density at radius 1 is 0.913 bits per heavy atom. The molecule has 0 radical (unpaired) electrons. The standard InChI is InChI=1S/C19H36O4/c1-7-11-12-13-14-22-17(20)19(9-3,10-4)18(21)23-16(8-2)15(5)6/h15-16H,7-14H2,1-6H3. The minimum atomic E-state index is -1.16. The van der Waals surface area contributed by atoms with E-state index >= 15 is 0 Å². The van der Waals surface area contributed by atoms with E-state index in [1.807, 2.05) is 34.6 Å². The molecule has 0 saturated heterocycles. The van der Waals surface area contributed by atoms with Gasteiger partial charge in [-0.2, -0.15) is 0 Å². The first kappa shape index (κ1) is 21.9. The lowest BCUT2D eigenvalue weighted by atomic mass is 9.82. The Balaban J connectivity index is 4.81. The lowest BCUT2D eigenvalue weighted by Gasteiger charge is -2.30. The molecule has 0 aromatic rings. The summed E-state index contributed by atoms with van der Waals surface area (Å²) in [6.45, 7) is 12.2. The highest BCUT2D eigenvalue weighted by molar-refractivity contribution is 6.00. The van der Waals surface area contributed by atoms with Crippen molar-refractivity contribution in [1.82, 2.24) is 0 Å². The first-order valence-corrected chi connectivity index (χ1v) is 9.27. The summed E-state index contributed by atoms with van der Waals surface area (Å²) in [5, 5.41) is 0. The molecule has 0 fully saturated rings. The smallest absolute Gasteiger partial charge is 0.323 e. The van der Waals surface area contributed by atoms with Crippen LogP contribution < -0.4 is 0 Å². The molecule has 136 valence electrons. The van der Waals surface area contributed by atoms with Crippen molar-refractivity contribution in [3.05, 3.63) is 0 Å². The first-order chi connectivity index (χ1) is 10.9. The van der Waals surface area contributed by atoms with Crippen LogP contribution in [0.4, 0.5) is 0 Å². The highest BCUT2D eigenvalue weighted by Crippen LogP contribution is 2.31. The number of rotatable bonds is 12. The molecule has 23 heavy (non-hydrogen) atoms. The Kier molecular flexibility index (Phi) is 10.9. The molecular weight excluding hydrogens is 292 g/mol. The highest BCUT2D eigenvalue weighted by atomic mass is 16.6.